The second-order valence-corrected chi connectivity index (χ2v) is 8.63. The fourth-order valence-electron chi connectivity index (χ4n) is 1.63. The quantitative estimate of drug-likeness (QED) is 0.605. The minimum Gasteiger partial charge on any atom is -0.598 e. The van der Waals surface area contributed by atoms with Gasteiger partial charge < -0.3 is 9.66 Å². The summed E-state index contributed by atoms with van der Waals surface area (Å²) in [5, 5.41) is 9.09. The van der Waals surface area contributed by atoms with Crippen molar-refractivity contribution in [1.82, 2.24) is 9.71 Å². The maximum atomic E-state index is 14.0. The van der Waals surface area contributed by atoms with Gasteiger partial charge in [0.15, 0.2) is 0 Å². The lowest BCUT2D eigenvalue weighted by atomic mass is 9.94. The molecule has 0 bridgehead atoms. The number of carboxylic acids is 1. The molecule has 2 N–H and O–H groups in total. The Morgan fingerprint density at radius 3 is 2.52 bits per heavy atom. The average Bonchev–Trinajstić information content (AvgIpc) is 2.29. The van der Waals surface area contributed by atoms with Crippen molar-refractivity contribution in [2.75, 3.05) is 0 Å². The molecular formula is C13H18BrFN2O3S. The number of carboxylic acid groups (broad SMARTS) is 1. The van der Waals surface area contributed by atoms with Crippen LogP contribution in [0.5, 0.6) is 0 Å². The molecule has 8 heteroatoms. The molecule has 0 saturated carbocycles. The lowest BCUT2D eigenvalue weighted by Gasteiger charge is -2.33. The Morgan fingerprint density at radius 1 is 1.48 bits per heavy atom. The molecule has 0 spiro atoms. The van der Waals surface area contributed by atoms with Crippen LogP contribution in [0.15, 0.2) is 16.7 Å². The van der Waals surface area contributed by atoms with Crippen molar-refractivity contribution in [3.8, 4) is 0 Å². The second-order valence-electron chi connectivity index (χ2n) is 5.85. The number of carbonyl (C=O) groups is 1. The highest BCUT2D eigenvalue weighted by Crippen LogP contribution is 2.30. The van der Waals surface area contributed by atoms with Gasteiger partial charge in [-0.3, -0.25) is 4.79 Å². The van der Waals surface area contributed by atoms with Crippen molar-refractivity contribution in [1.29, 1.82) is 0 Å². The topological polar surface area (TPSA) is 85.3 Å². The van der Waals surface area contributed by atoms with E-state index >= 15 is 0 Å². The largest absolute Gasteiger partial charge is 0.598 e. The van der Waals surface area contributed by atoms with Gasteiger partial charge in [0, 0.05) is 11.4 Å². The van der Waals surface area contributed by atoms with Crippen molar-refractivity contribution < 1.29 is 18.8 Å². The molecule has 1 aromatic heterocycles. The predicted octanol–water partition coefficient (Wildman–Crippen LogP) is 2.72. The Balaban J connectivity index is 3.26. The van der Waals surface area contributed by atoms with Crippen LogP contribution in [-0.2, 0) is 21.7 Å². The summed E-state index contributed by atoms with van der Waals surface area (Å²) in [4.78, 5) is 15.1. The minimum absolute atomic E-state index is 0.0862. The molecule has 2 atom stereocenters. The number of hydrogen-bond donors (Lipinski definition) is 2. The number of hydrogen-bond acceptors (Lipinski definition) is 4. The molecule has 0 aromatic carbocycles. The normalized spacial score (nSPS) is 16.3. The molecule has 21 heavy (non-hydrogen) atoms. The molecule has 0 fully saturated rings. The predicted molar refractivity (Wildman–Crippen MR) is 82.5 cm³/mol. The van der Waals surface area contributed by atoms with Crippen molar-refractivity contribution in [3.63, 3.8) is 0 Å². The maximum absolute atomic E-state index is 14.0. The summed E-state index contributed by atoms with van der Waals surface area (Å²) in [5.74, 6) is -1.79. The minimum atomic E-state index is -1.57. The third kappa shape index (κ3) is 4.91. The number of aliphatic carboxylic acids is 1. The van der Waals surface area contributed by atoms with E-state index in [2.05, 4.69) is 25.6 Å². The molecule has 0 aliphatic heterocycles. The van der Waals surface area contributed by atoms with Crippen molar-refractivity contribution in [2.24, 2.45) is 0 Å². The number of halogens is 2. The standard InChI is InChI=1S/C13H18BrFN2O3S/c1-12(2,3)21(20)17-13(4,7-10(18)19)11-8(15)5-6-9(14)16-11/h5-6,17H,7H2,1-4H3,(H,18,19). The molecule has 2 unspecified atom stereocenters. The van der Waals surface area contributed by atoms with Gasteiger partial charge in [-0.15, -0.1) is 4.72 Å². The first-order valence-electron chi connectivity index (χ1n) is 6.20. The van der Waals surface area contributed by atoms with Crippen LogP contribution in [0.4, 0.5) is 4.39 Å². The Bertz CT molecular complexity index is 539. The third-order valence-electron chi connectivity index (χ3n) is 2.71. The van der Waals surface area contributed by atoms with Crippen LogP contribution >= 0.6 is 15.9 Å². The zero-order valence-electron chi connectivity index (χ0n) is 12.2. The third-order valence-corrected chi connectivity index (χ3v) is 4.90. The van der Waals surface area contributed by atoms with Gasteiger partial charge in [0.05, 0.1) is 6.42 Å². The van der Waals surface area contributed by atoms with Gasteiger partial charge in [-0.25, -0.2) is 9.37 Å². The zero-order valence-corrected chi connectivity index (χ0v) is 14.6. The zero-order chi connectivity index (χ0) is 16.4. The lowest BCUT2D eigenvalue weighted by molar-refractivity contribution is -0.138. The number of aromatic nitrogens is 1. The summed E-state index contributed by atoms with van der Waals surface area (Å²) in [6.45, 7) is 6.69. The van der Waals surface area contributed by atoms with Crippen LogP contribution < -0.4 is 4.72 Å². The van der Waals surface area contributed by atoms with E-state index in [1.807, 2.05) is 0 Å². The lowest BCUT2D eigenvalue weighted by Crippen LogP contribution is -2.51. The fraction of sp³-hybridized carbons (Fsp3) is 0.538. The summed E-state index contributed by atoms with van der Waals surface area (Å²) in [5.41, 5.74) is -1.48. The Morgan fingerprint density at radius 2 is 2.05 bits per heavy atom. The van der Waals surface area contributed by atoms with Gasteiger partial charge in [-0.1, -0.05) is 0 Å². The first kappa shape index (κ1) is 18.3. The van der Waals surface area contributed by atoms with Gasteiger partial charge in [0.25, 0.3) is 0 Å². The molecule has 5 nitrogen and oxygen atoms in total. The van der Waals surface area contributed by atoms with Crippen LogP contribution in [0.2, 0.25) is 0 Å². The van der Waals surface area contributed by atoms with E-state index in [0.717, 1.165) is 0 Å². The number of nitrogens with one attached hydrogen (secondary N) is 1. The van der Waals surface area contributed by atoms with Crippen LogP contribution in [0.1, 0.15) is 39.8 Å². The Labute approximate surface area is 134 Å². The first-order valence-corrected chi connectivity index (χ1v) is 8.14. The molecule has 0 aliphatic rings. The number of pyridine rings is 1. The van der Waals surface area contributed by atoms with Crippen LogP contribution in [0.3, 0.4) is 0 Å². The van der Waals surface area contributed by atoms with E-state index in [-0.39, 0.29) is 5.69 Å². The maximum Gasteiger partial charge on any atom is 0.305 e. The van der Waals surface area contributed by atoms with E-state index in [9.17, 15) is 13.7 Å². The van der Waals surface area contributed by atoms with Crippen LogP contribution in [0, 0.1) is 5.82 Å². The van der Waals surface area contributed by atoms with E-state index in [1.165, 1.54) is 19.1 Å². The molecular weight excluding hydrogens is 363 g/mol. The molecule has 1 aromatic rings. The smallest absolute Gasteiger partial charge is 0.305 e. The average molecular weight is 381 g/mol. The van der Waals surface area contributed by atoms with E-state index in [4.69, 9.17) is 5.11 Å². The van der Waals surface area contributed by atoms with Crippen molar-refractivity contribution >= 4 is 33.3 Å². The summed E-state index contributed by atoms with van der Waals surface area (Å²) >= 11 is 1.56. The van der Waals surface area contributed by atoms with Crippen LogP contribution in [-0.4, -0.2) is 25.4 Å². The Kier molecular flexibility index (Phi) is 5.76. The highest BCUT2D eigenvalue weighted by molar-refractivity contribution is 9.10. The van der Waals surface area contributed by atoms with E-state index in [0.29, 0.717) is 4.60 Å². The van der Waals surface area contributed by atoms with E-state index < -0.39 is 39.9 Å². The van der Waals surface area contributed by atoms with Gasteiger partial charge >= 0.3 is 5.97 Å². The van der Waals surface area contributed by atoms with Crippen molar-refractivity contribution in [3.05, 3.63) is 28.2 Å². The van der Waals surface area contributed by atoms with Gasteiger partial charge in [0.2, 0.25) is 0 Å². The summed E-state index contributed by atoms with van der Waals surface area (Å²) in [6.07, 6.45) is -0.449. The van der Waals surface area contributed by atoms with E-state index in [1.54, 1.807) is 20.8 Å². The summed E-state index contributed by atoms with van der Waals surface area (Å²) in [7, 11) is 0. The number of nitrogens with zero attached hydrogens (tertiary/aromatic N) is 1. The summed E-state index contributed by atoms with van der Waals surface area (Å²) < 4.78 is 28.8. The van der Waals surface area contributed by atoms with Crippen LogP contribution in [0.25, 0.3) is 0 Å². The molecule has 0 amide bonds. The van der Waals surface area contributed by atoms with Crippen molar-refractivity contribution in [2.45, 2.75) is 44.4 Å². The molecule has 1 rings (SSSR count). The highest BCUT2D eigenvalue weighted by Gasteiger charge is 2.41. The molecule has 118 valence electrons. The molecule has 1 heterocycles. The molecule has 0 saturated heterocycles. The highest BCUT2D eigenvalue weighted by atomic mass is 79.9. The SMILES string of the molecule is CC(CC(=O)O)(N[S+]([O-])C(C)(C)C)c1nc(Br)ccc1F. The second kappa shape index (κ2) is 6.60. The van der Waals surface area contributed by atoms with Gasteiger partial charge in [-0.2, -0.15) is 0 Å². The number of rotatable bonds is 5. The fourth-order valence-corrected chi connectivity index (χ4v) is 2.83. The first-order chi connectivity index (χ1) is 9.45. The monoisotopic (exact) mass is 380 g/mol. The van der Waals surface area contributed by atoms with Gasteiger partial charge in [0.1, 0.15) is 26.4 Å². The Hall–Kier alpha value is -0.700. The molecule has 0 aliphatic carbocycles. The summed E-state index contributed by atoms with van der Waals surface area (Å²) in [6, 6.07) is 2.61. The van der Waals surface area contributed by atoms with Gasteiger partial charge in [-0.05, 0) is 55.8 Å². The molecule has 0 radical (unpaired) electrons.